The lowest BCUT2D eigenvalue weighted by atomic mass is 9.73. The van der Waals surface area contributed by atoms with E-state index in [0.29, 0.717) is 23.7 Å². The second-order valence-corrected chi connectivity index (χ2v) is 11.0. The molecule has 0 aromatic heterocycles. The van der Waals surface area contributed by atoms with Gasteiger partial charge in [-0.25, -0.2) is 0 Å². The van der Waals surface area contributed by atoms with Crippen molar-refractivity contribution in [3.63, 3.8) is 0 Å². The van der Waals surface area contributed by atoms with E-state index in [1.54, 1.807) is 0 Å². The largest absolute Gasteiger partial charge is 0.378 e. The van der Waals surface area contributed by atoms with Crippen molar-refractivity contribution in [2.24, 2.45) is 11.8 Å². The van der Waals surface area contributed by atoms with Crippen molar-refractivity contribution >= 4 is 34.6 Å². The molecular formula is C30H26Cl2N2. The van der Waals surface area contributed by atoms with Crippen LogP contribution in [0.25, 0.3) is 0 Å². The van der Waals surface area contributed by atoms with E-state index in [4.69, 9.17) is 23.2 Å². The fourth-order valence-corrected chi connectivity index (χ4v) is 7.14. The summed E-state index contributed by atoms with van der Waals surface area (Å²) in [7, 11) is 0. The van der Waals surface area contributed by atoms with E-state index in [0.717, 1.165) is 22.9 Å². The second-order valence-electron chi connectivity index (χ2n) is 10.1. The van der Waals surface area contributed by atoms with Crippen LogP contribution in [0, 0.1) is 11.8 Å². The van der Waals surface area contributed by atoms with Gasteiger partial charge < -0.3 is 10.6 Å². The average Bonchev–Trinajstić information content (AvgIpc) is 3.52. The van der Waals surface area contributed by atoms with Gasteiger partial charge in [-0.1, -0.05) is 71.8 Å². The maximum atomic E-state index is 6.37. The summed E-state index contributed by atoms with van der Waals surface area (Å²) in [5, 5.41) is 9.45. The number of allylic oxidation sites excluding steroid dienone is 4. The third kappa shape index (κ3) is 3.23. The molecule has 0 fully saturated rings. The van der Waals surface area contributed by atoms with Crippen molar-refractivity contribution in [3.8, 4) is 0 Å². The van der Waals surface area contributed by atoms with Crippen molar-refractivity contribution in [2.75, 3.05) is 10.6 Å². The van der Waals surface area contributed by atoms with Gasteiger partial charge in [-0.15, -0.1) is 0 Å². The standard InChI is InChI=1S/C30H26Cl2N2/c31-19-7-1-5-17(13-19)29-23-11-3-9-21(23)25-16-28-26(15-27(25)33-29)22-10-4-12-24(22)30(34-28)18-6-2-8-20(32)14-18/h1-10,13-16,21-24,29-30,33-34H,11-12H2/t21-,22-,23+,24+,29+,30+/m1/s1. The molecule has 7 rings (SSSR count). The molecule has 2 nitrogen and oxygen atoms in total. The number of halogens is 2. The summed E-state index contributed by atoms with van der Waals surface area (Å²) < 4.78 is 0. The molecule has 34 heavy (non-hydrogen) atoms. The minimum absolute atomic E-state index is 0.259. The molecule has 0 unspecified atom stereocenters. The molecule has 0 saturated carbocycles. The monoisotopic (exact) mass is 484 g/mol. The van der Waals surface area contributed by atoms with E-state index in [2.05, 4.69) is 83.5 Å². The lowest BCUT2D eigenvalue weighted by Crippen LogP contribution is -2.32. The quantitative estimate of drug-likeness (QED) is 0.355. The molecule has 170 valence electrons. The summed E-state index contributed by atoms with van der Waals surface area (Å²) in [6, 6.07) is 22.0. The van der Waals surface area contributed by atoms with Crippen molar-refractivity contribution < 1.29 is 0 Å². The Bertz CT molecular complexity index is 1240. The fraction of sp³-hybridized carbons (Fsp3) is 0.267. The fourth-order valence-electron chi connectivity index (χ4n) is 6.74. The number of nitrogens with one attached hydrogen (secondary N) is 2. The summed E-state index contributed by atoms with van der Waals surface area (Å²) in [5.74, 6) is 1.81. The highest BCUT2D eigenvalue weighted by atomic mass is 35.5. The zero-order valence-corrected chi connectivity index (χ0v) is 20.2. The van der Waals surface area contributed by atoms with E-state index >= 15 is 0 Å². The normalized spacial score (nSPS) is 30.1. The minimum atomic E-state index is 0.259. The summed E-state index contributed by atoms with van der Waals surface area (Å²) in [5.41, 5.74) is 7.86. The summed E-state index contributed by atoms with van der Waals surface area (Å²) in [4.78, 5) is 0. The van der Waals surface area contributed by atoms with Gasteiger partial charge in [-0.3, -0.25) is 0 Å². The van der Waals surface area contributed by atoms with Crippen molar-refractivity contribution in [2.45, 2.75) is 36.8 Å². The third-order valence-electron chi connectivity index (χ3n) is 8.26. The molecule has 0 bridgehead atoms. The first-order valence-electron chi connectivity index (χ1n) is 12.2. The zero-order valence-electron chi connectivity index (χ0n) is 18.7. The number of fused-ring (bicyclic) bond motifs is 6. The summed E-state index contributed by atoms with van der Waals surface area (Å²) in [6.07, 6.45) is 11.7. The van der Waals surface area contributed by atoms with Gasteiger partial charge in [0.05, 0.1) is 12.1 Å². The second kappa shape index (κ2) is 7.93. The van der Waals surface area contributed by atoms with Crippen molar-refractivity contribution in [3.05, 3.63) is 117 Å². The van der Waals surface area contributed by atoms with Gasteiger partial charge >= 0.3 is 0 Å². The molecule has 2 aliphatic carbocycles. The predicted octanol–water partition coefficient (Wildman–Crippen LogP) is 8.65. The molecule has 2 aliphatic heterocycles. The van der Waals surface area contributed by atoms with Crippen LogP contribution in [0.4, 0.5) is 11.4 Å². The molecule has 2 N–H and O–H groups in total. The molecule has 2 heterocycles. The Morgan fingerprint density at radius 2 is 1.09 bits per heavy atom. The maximum absolute atomic E-state index is 6.37. The zero-order chi connectivity index (χ0) is 22.8. The molecule has 0 saturated heterocycles. The van der Waals surface area contributed by atoms with Crippen molar-refractivity contribution in [1.29, 1.82) is 0 Å². The minimum Gasteiger partial charge on any atom is -0.378 e. The highest BCUT2D eigenvalue weighted by molar-refractivity contribution is 6.30. The number of rotatable bonds is 2. The molecule has 0 amide bonds. The SMILES string of the molecule is Clc1cccc([C@@H]2Nc3cc4c(cc3[C@@H]3C=CC[C@@H]32)N[C@@H](c2cccc(Cl)c2)[C@H]2CC=C[C@@H]42)c1. The van der Waals surface area contributed by atoms with Crippen LogP contribution < -0.4 is 10.6 Å². The van der Waals surface area contributed by atoms with Gasteiger partial charge in [0.1, 0.15) is 0 Å². The Kier molecular flexibility index (Phi) is 4.82. The summed E-state index contributed by atoms with van der Waals surface area (Å²) >= 11 is 12.7. The first-order chi connectivity index (χ1) is 16.7. The molecule has 6 atom stereocenters. The van der Waals surface area contributed by atoms with Crippen LogP contribution in [0.3, 0.4) is 0 Å². The van der Waals surface area contributed by atoms with E-state index in [1.807, 2.05) is 12.1 Å². The Labute approximate surface area is 210 Å². The molecule has 0 radical (unpaired) electrons. The Hall–Kier alpha value is -2.68. The van der Waals surface area contributed by atoms with Gasteiger partial charge in [-0.05, 0) is 83.3 Å². The van der Waals surface area contributed by atoms with Crippen LogP contribution in [-0.2, 0) is 0 Å². The molecule has 3 aromatic rings. The van der Waals surface area contributed by atoms with Crippen LogP contribution in [0.2, 0.25) is 10.0 Å². The van der Waals surface area contributed by atoms with Crippen LogP contribution >= 0.6 is 23.2 Å². The maximum Gasteiger partial charge on any atom is 0.0554 e. The molecular weight excluding hydrogens is 459 g/mol. The van der Waals surface area contributed by atoms with E-state index in [-0.39, 0.29) is 12.1 Å². The van der Waals surface area contributed by atoms with Crippen LogP contribution in [0.1, 0.15) is 59.0 Å². The molecule has 4 aliphatic rings. The Morgan fingerprint density at radius 1 is 0.618 bits per heavy atom. The number of benzene rings is 3. The number of anilines is 2. The van der Waals surface area contributed by atoms with Crippen LogP contribution in [0.5, 0.6) is 0 Å². The van der Waals surface area contributed by atoms with E-state index in [9.17, 15) is 0 Å². The summed E-state index contributed by atoms with van der Waals surface area (Å²) in [6.45, 7) is 0. The smallest absolute Gasteiger partial charge is 0.0554 e. The lowest BCUT2D eigenvalue weighted by Gasteiger charge is -2.42. The van der Waals surface area contributed by atoms with Crippen LogP contribution in [-0.4, -0.2) is 0 Å². The van der Waals surface area contributed by atoms with E-state index in [1.165, 1.54) is 33.6 Å². The molecule has 4 heteroatoms. The highest BCUT2D eigenvalue weighted by Crippen LogP contribution is 2.55. The Morgan fingerprint density at radius 3 is 1.53 bits per heavy atom. The molecule has 3 aromatic carbocycles. The topological polar surface area (TPSA) is 24.1 Å². The highest BCUT2D eigenvalue weighted by Gasteiger charge is 2.42. The predicted molar refractivity (Wildman–Crippen MR) is 142 cm³/mol. The van der Waals surface area contributed by atoms with Gasteiger partial charge in [-0.2, -0.15) is 0 Å². The van der Waals surface area contributed by atoms with E-state index < -0.39 is 0 Å². The van der Waals surface area contributed by atoms with Gasteiger partial charge in [0.2, 0.25) is 0 Å². The third-order valence-corrected chi connectivity index (χ3v) is 8.73. The van der Waals surface area contributed by atoms with Gasteiger partial charge in [0, 0.05) is 33.3 Å². The number of hydrogen-bond acceptors (Lipinski definition) is 2. The van der Waals surface area contributed by atoms with Gasteiger partial charge in [0.25, 0.3) is 0 Å². The molecule has 0 spiro atoms. The van der Waals surface area contributed by atoms with Crippen LogP contribution in [0.15, 0.2) is 85.0 Å². The lowest BCUT2D eigenvalue weighted by molar-refractivity contribution is 0.417. The first-order valence-corrected chi connectivity index (χ1v) is 13.0. The average molecular weight is 485 g/mol. The first kappa shape index (κ1) is 20.7. The van der Waals surface area contributed by atoms with Crippen molar-refractivity contribution in [1.82, 2.24) is 0 Å². The Balaban J connectivity index is 1.32. The number of hydrogen-bond donors (Lipinski definition) is 2. The van der Waals surface area contributed by atoms with Gasteiger partial charge in [0.15, 0.2) is 0 Å².